The second-order valence-electron chi connectivity index (χ2n) is 6.16. The van der Waals surface area contributed by atoms with Crippen molar-refractivity contribution in [1.29, 1.82) is 0 Å². The zero-order valence-electron chi connectivity index (χ0n) is 10.8. The molecule has 1 aliphatic carbocycles. The zero-order chi connectivity index (χ0) is 11.9. The Labute approximate surface area is 113 Å². The van der Waals surface area contributed by atoms with Crippen molar-refractivity contribution in [3.8, 4) is 0 Å². The zero-order valence-corrected chi connectivity index (χ0v) is 11.7. The Hall–Kier alpha value is -0.380. The van der Waals surface area contributed by atoms with E-state index in [0.29, 0.717) is 0 Å². The minimum atomic E-state index is 0.734. The molecule has 3 fully saturated rings. The maximum Gasteiger partial charge on any atom is 0.0473 e. The average Bonchev–Trinajstić information content (AvgIpc) is 2.92. The fourth-order valence-corrected chi connectivity index (χ4v) is 4.93. The van der Waals surface area contributed by atoms with Gasteiger partial charge in [-0.3, -0.25) is 4.90 Å². The van der Waals surface area contributed by atoms with Gasteiger partial charge in [-0.05, 0) is 62.1 Å². The molecule has 2 nitrogen and oxygen atoms in total. The van der Waals surface area contributed by atoms with Crippen molar-refractivity contribution < 1.29 is 0 Å². The van der Waals surface area contributed by atoms with Crippen LogP contribution in [0.4, 0.5) is 0 Å². The summed E-state index contributed by atoms with van der Waals surface area (Å²) in [6.07, 6.45) is 5.74. The SMILES string of the molecule is c1csc(C(C2CC2)N2CCCC3CNCC32)c1. The van der Waals surface area contributed by atoms with Gasteiger partial charge < -0.3 is 5.32 Å². The Kier molecular flexibility index (Phi) is 2.94. The summed E-state index contributed by atoms with van der Waals surface area (Å²) < 4.78 is 0. The van der Waals surface area contributed by atoms with Crippen LogP contribution in [0.15, 0.2) is 17.5 Å². The molecule has 0 radical (unpaired) electrons. The second kappa shape index (κ2) is 4.62. The number of piperidine rings is 1. The quantitative estimate of drug-likeness (QED) is 0.901. The Bertz CT molecular complexity index is 399. The number of nitrogens with one attached hydrogen (secondary N) is 1. The number of hydrogen-bond donors (Lipinski definition) is 1. The Morgan fingerprint density at radius 3 is 3.00 bits per heavy atom. The smallest absolute Gasteiger partial charge is 0.0473 e. The molecule has 1 aromatic rings. The van der Waals surface area contributed by atoms with Crippen LogP contribution in [0.25, 0.3) is 0 Å². The molecule has 3 heterocycles. The molecule has 3 aliphatic rings. The van der Waals surface area contributed by atoms with Crippen LogP contribution in [0.3, 0.4) is 0 Å². The van der Waals surface area contributed by atoms with Gasteiger partial charge in [-0.2, -0.15) is 0 Å². The molecule has 2 aliphatic heterocycles. The summed E-state index contributed by atoms with van der Waals surface area (Å²) in [6, 6.07) is 6.13. The second-order valence-corrected chi connectivity index (χ2v) is 7.14. The third-order valence-corrected chi connectivity index (χ3v) is 5.92. The molecule has 0 amide bonds. The average molecular weight is 262 g/mol. The van der Waals surface area contributed by atoms with Crippen LogP contribution >= 0.6 is 11.3 Å². The standard InChI is InChI=1S/C15H22N2S/c1-3-12-9-16-10-13(12)17(7-1)15(11-5-6-11)14-4-2-8-18-14/h2,4,8,11-13,15-16H,1,3,5-7,9-10H2. The molecular weight excluding hydrogens is 240 g/mol. The fourth-order valence-electron chi connectivity index (χ4n) is 3.99. The highest BCUT2D eigenvalue weighted by Crippen LogP contribution is 2.48. The minimum absolute atomic E-state index is 0.734. The molecule has 2 saturated heterocycles. The summed E-state index contributed by atoms with van der Waals surface area (Å²) in [5.74, 6) is 1.86. The lowest BCUT2D eigenvalue weighted by molar-refractivity contribution is 0.0674. The molecule has 3 heteroatoms. The van der Waals surface area contributed by atoms with E-state index in [-0.39, 0.29) is 0 Å². The van der Waals surface area contributed by atoms with Gasteiger partial charge in [0, 0.05) is 23.5 Å². The first-order valence-corrected chi connectivity index (χ1v) is 8.31. The van der Waals surface area contributed by atoms with Crippen molar-refractivity contribution >= 4 is 11.3 Å². The van der Waals surface area contributed by atoms with Crippen LogP contribution in [0.5, 0.6) is 0 Å². The van der Waals surface area contributed by atoms with Crippen molar-refractivity contribution in [3.05, 3.63) is 22.4 Å². The Morgan fingerprint density at radius 2 is 2.22 bits per heavy atom. The molecular formula is C15H22N2S. The first-order chi connectivity index (χ1) is 8.93. The van der Waals surface area contributed by atoms with Crippen molar-refractivity contribution in [1.82, 2.24) is 10.2 Å². The highest BCUT2D eigenvalue weighted by Gasteiger charge is 2.44. The number of nitrogens with zero attached hydrogens (tertiary/aromatic N) is 1. The van der Waals surface area contributed by atoms with E-state index in [1.165, 1.54) is 45.3 Å². The number of thiophene rings is 1. The molecule has 0 bridgehead atoms. The van der Waals surface area contributed by atoms with Gasteiger partial charge in [0.05, 0.1) is 0 Å². The largest absolute Gasteiger partial charge is 0.315 e. The lowest BCUT2D eigenvalue weighted by Gasteiger charge is -2.42. The maximum atomic E-state index is 3.62. The maximum absolute atomic E-state index is 3.62. The van der Waals surface area contributed by atoms with Gasteiger partial charge in [-0.15, -0.1) is 11.3 Å². The van der Waals surface area contributed by atoms with Crippen LogP contribution in [0.2, 0.25) is 0 Å². The molecule has 0 spiro atoms. The summed E-state index contributed by atoms with van der Waals surface area (Å²) >= 11 is 1.97. The normalized spacial score (nSPS) is 34.4. The number of fused-ring (bicyclic) bond motifs is 1. The van der Waals surface area contributed by atoms with E-state index < -0.39 is 0 Å². The van der Waals surface area contributed by atoms with Gasteiger partial charge in [0.2, 0.25) is 0 Å². The molecule has 1 aromatic heterocycles. The highest BCUT2D eigenvalue weighted by molar-refractivity contribution is 7.10. The van der Waals surface area contributed by atoms with Gasteiger partial charge in [-0.1, -0.05) is 6.07 Å². The molecule has 3 atom stereocenters. The van der Waals surface area contributed by atoms with E-state index in [1.54, 1.807) is 4.88 Å². The molecule has 1 saturated carbocycles. The van der Waals surface area contributed by atoms with Gasteiger partial charge in [-0.25, -0.2) is 0 Å². The molecule has 98 valence electrons. The number of likely N-dealkylation sites (tertiary alicyclic amines) is 1. The summed E-state index contributed by atoms with van der Waals surface area (Å²) in [6.45, 7) is 3.80. The van der Waals surface area contributed by atoms with E-state index in [2.05, 4.69) is 27.7 Å². The molecule has 3 unspecified atom stereocenters. The van der Waals surface area contributed by atoms with Crippen molar-refractivity contribution in [2.75, 3.05) is 19.6 Å². The molecule has 18 heavy (non-hydrogen) atoms. The molecule has 4 rings (SSSR count). The summed E-state index contributed by atoms with van der Waals surface area (Å²) in [7, 11) is 0. The van der Waals surface area contributed by atoms with Crippen LogP contribution in [-0.4, -0.2) is 30.6 Å². The van der Waals surface area contributed by atoms with E-state index >= 15 is 0 Å². The van der Waals surface area contributed by atoms with Gasteiger partial charge in [0.1, 0.15) is 0 Å². The van der Waals surface area contributed by atoms with E-state index in [4.69, 9.17) is 0 Å². The number of rotatable bonds is 3. The first kappa shape index (κ1) is 11.4. The topological polar surface area (TPSA) is 15.3 Å². The van der Waals surface area contributed by atoms with E-state index in [9.17, 15) is 0 Å². The Morgan fingerprint density at radius 1 is 1.28 bits per heavy atom. The first-order valence-electron chi connectivity index (χ1n) is 7.43. The predicted molar refractivity (Wildman–Crippen MR) is 75.9 cm³/mol. The predicted octanol–water partition coefficient (Wildman–Crippen LogP) is 2.88. The van der Waals surface area contributed by atoms with Crippen LogP contribution in [0.1, 0.15) is 36.6 Å². The van der Waals surface area contributed by atoms with Crippen molar-refractivity contribution in [2.45, 2.75) is 37.8 Å². The van der Waals surface area contributed by atoms with Gasteiger partial charge in [0.25, 0.3) is 0 Å². The van der Waals surface area contributed by atoms with Crippen molar-refractivity contribution in [3.63, 3.8) is 0 Å². The van der Waals surface area contributed by atoms with E-state index in [0.717, 1.165) is 23.9 Å². The van der Waals surface area contributed by atoms with Crippen LogP contribution in [0, 0.1) is 11.8 Å². The summed E-state index contributed by atoms with van der Waals surface area (Å²) in [4.78, 5) is 4.47. The third kappa shape index (κ3) is 1.93. The van der Waals surface area contributed by atoms with Crippen molar-refractivity contribution in [2.24, 2.45) is 11.8 Å². The fraction of sp³-hybridized carbons (Fsp3) is 0.733. The summed E-state index contributed by atoms with van der Waals surface area (Å²) in [5.41, 5.74) is 0. The van der Waals surface area contributed by atoms with Crippen LogP contribution in [-0.2, 0) is 0 Å². The van der Waals surface area contributed by atoms with E-state index in [1.807, 2.05) is 11.3 Å². The highest BCUT2D eigenvalue weighted by atomic mass is 32.1. The van der Waals surface area contributed by atoms with Gasteiger partial charge >= 0.3 is 0 Å². The van der Waals surface area contributed by atoms with Gasteiger partial charge in [0.15, 0.2) is 0 Å². The lowest BCUT2D eigenvalue weighted by Crippen LogP contribution is -2.47. The minimum Gasteiger partial charge on any atom is -0.315 e. The summed E-state index contributed by atoms with van der Waals surface area (Å²) in [5, 5.41) is 5.86. The third-order valence-electron chi connectivity index (χ3n) is 4.98. The lowest BCUT2D eigenvalue weighted by atomic mass is 9.89. The monoisotopic (exact) mass is 262 g/mol. The molecule has 1 N–H and O–H groups in total. The van der Waals surface area contributed by atoms with Crippen LogP contribution < -0.4 is 5.32 Å². The Balaban J connectivity index is 1.62. The number of hydrogen-bond acceptors (Lipinski definition) is 3. The molecule has 0 aromatic carbocycles.